The Kier molecular flexibility index (Phi) is 4.81. The predicted molar refractivity (Wildman–Crippen MR) is 102 cm³/mol. The fourth-order valence-electron chi connectivity index (χ4n) is 5.00. The lowest BCUT2D eigenvalue weighted by molar-refractivity contribution is 0.0248. The Morgan fingerprint density at radius 2 is 1.85 bits per heavy atom. The Hall–Kier alpha value is -2.50. The molecule has 27 heavy (non-hydrogen) atoms. The molecule has 1 aromatic carbocycles. The van der Waals surface area contributed by atoms with Crippen molar-refractivity contribution >= 4 is 5.91 Å². The van der Waals surface area contributed by atoms with Crippen molar-refractivity contribution in [2.75, 3.05) is 14.2 Å². The summed E-state index contributed by atoms with van der Waals surface area (Å²) in [6.45, 7) is 0. The van der Waals surface area contributed by atoms with Gasteiger partial charge in [-0.1, -0.05) is 18.9 Å². The van der Waals surface area contributed by atoms with Gasteiger partial charge in [-0.2, -0.15) is 5.10 Å². The van der Waals surface area contributed by atoms with E-state index in [2.05, 4.69) is 22.5 Å². The topological polar surface area (TPSA) is 65.4 Å². The Morgan fingerprint density at radius 3 is 2.52 bits per heavy atom. The number of aryl methyl sites for hydroxylation is 1. The molecule has 6 nitrogen and oxygen atoms in total. The number of amides is 1. The van der Waals surface area contributed by atoms with E-state index in [0.29, 0.717) is 23.4 Å². The SMILES string of the molecule is COc1ccc([C@H]2[C@H]3CCCC[C@@H]3[C@@H]2NC(=O)c2ccnn2C)cc1OC. The lowest BCUT2D eigenvalue weighted by atomic mass is 9.53. The highest BCUT2D eigenvalue weighted by Crippen LogP contribution is 2.55. The van der Waals surface area contributed by atoms with Gasteiger partial charge >= 0.3 is 0 Å². The first-order chi connectivity index (χ1) is 13.1. The van der Waals surface area contributed by atoms with E-state index < -0.39 is 0 Å². The van der Waals surface area contributed by atoms with Gasteiger partial charge in [0.15, 0.2) is 11.5 Å². The first-order valence-electron chi connectivity index (χ1n) is 9.65. The van der Waals surface area contributed by atoms with Crippen LogP contribution >= 0.6 is 0 Å². The predicted octanol–water partition coefficient (Wildman–Crippen LogP) is 3.14. The van der Waals surface area contributed by atoms with Gasteiger partial charge in [-0.15, -0.1) is 0 Å². The van der Waals surface area contributed by atoms with Crippen molar-refractivity contribution in [3.63, 3.8) is 0 Å². The molecule has 0 radical (unpaired) electrons. The van der Waals surface area contributed by atoms with E-state index in [9.17, 15) is 4.79 Å². The van der Waals surface area contributed by atoms with Gasteiger partial charge in [-0.05, 0) is 48.4 Å². The lowest BCUT2D eigenvalue weighted by Gasteiger charge is -2.55. The van der Waals surface area contributed by atoms with Crippen LogP contribution in [-0.4, -0.2) is 35.9 Å². The van der Waals surface area contributed by atoms with Crippen LogP contribution in [0.2, 0.25) is 0 Å². The summed E-state index contributed by atoms with van der Waals surface area (Å²) in [5.41, 5.74) is 1.81. The summed E-state index contributed by atoms with van der Waals surface area (Å²) < 4.78 is 12.5. The van der Waals surface area contributed by atoms with Crippen LogP contribution in [0.4, 0.5) is 0 Å². The van der Waals surface area contributed by atoms with Gasteiger partial charge in [-0.3, -0.25) is 9.48 Å². The molecule has 0 saturated heterocycles. The average molecular weight is 369 g/mol. The molecule has 0 aliphatic heterocycles. The van der Waals surface area contributed by atoms with E-state index in [1.54, 1.807) is 38.2 Å². The second kappa shape index (κ2) is 7.25. The van der Waals surface area contributed by atoms with Crippen LogP contribution in [0.25, 0.3) is 0 Å². The number of benzene rings is 1. The zero-order chi connectivity index (χ0) is 19.0. The zero-order valence-electron chi connectivity index (χ0n) is 16.1. The minimum Gasteiger partial charge on any atom is -0.493 e. The second-order valence-corrected chi connectivity index (χ2v) is 7.59. The highest BCUT2D eigenvalue weighted by atomic mass is 16.5. The van der Waals surface area contributed by atoms with Crippen LogP contribution in [0.5, 0.6) is 11.5 Å². The van der Waals surface area contributed by atoms with E-state index in [1.807, 2.05) is 6.07 Å². The van der Waals surface area contributed by atoms with Crippen LogP contribution in [-0.2, 0) is 7.05 Å². The van der Waals surface area contributed by atoms with Crippen molar-refractivity contribution in [3.8, 4) is 11.5 Å². The van der Waals surface area contributed by atoms with Gasteiger partial charge in [0, 0.05) is 25.2 Å². The number of nitrogens with zero attached hydrogens (tertiary/aromatic N) is 2. The molecular formula is C21H27N3O3. The minimum absolute atomic E-state index is 0.0468. The number of rotatable bonds is 5. The second-order valence-electron chi connectivity index (χ2n) is 7.59. The molecule has 1 aromatic heterocycles. The maximum absolute atomic E-state index is 12.8. The Morgan fingerprint density at radius 1 is 1.11 bits per heavy atom. The first kappa shape index (κ1) is 17.9. The van der Waals surface area contributed by atoms with E-state index in [1.165, 1.54) is 31.2 Å². The van der Waals surface area contributed by atoms with Crippen LogP contribution in [0.1, 0.15) is 47.7 Å². The fourth-order valence-corrected chi connectivity index (χ4v) is 5.00. The number of methoxy groups -OCH3 is 2. The van der Waals surface area contributed by atoms with E-state index >= 15 is 0 Å². The Balaban J connectivity index is 1.61. The number of hydrogen-bond donors (Lipinski definition) is 1. The van der Waals surface area contributed by atoms with Crippen LogP contribution in [0.15, 0.2) is 30.5 Å². The van der Waals surface area contributed by atoms with Crippen LogP contribution in [0.3, 0.4) is 0 Å². The molecular weight excluding hydrogens is 342 g/mol. The van der Waals surface area contributed by atoms with Gasteiger partial charge in [0.1, 0.15) is 5.69 Å². The van der Waals surface area contributed by atoms with Crippen molar-refractivity contribution in [1.29, 1.82) is 0 Å². The van der Waals surface area contributed by atoms with Gasteiger partial charge in [0.25, 0.3) is 5.91 Å². The number of ether oxygens (including phenoxy) is 2. The number of carbonyl (C=O) groups is 1. The molecule has 4 rings (SSSR count). The molecule has 2 aromatic rings. The smallest absolute Gasteiger partial charge is 0.269 e. The number of carbonyl (C=O) groups excluding carboxylic acids is 1. The number of aromatic nitrogens is 2. The summed E-state index contributed by atoms with van der Waals surface area (Å²) >= 11 is 0. The molecule has 2 aliphatic carbocycles. The summed E-state index contributed by atoms with van der Waals surface area (Å²) in [7, 11) is 5.10. The summed E-state index contributed by atoms with van der Waals surface area (Å²) in [4.78, 5) is 12.8. The zero-order valence-corrected chi connectivity index (χ0v) is 16.1. The Labute approximate surface area is 159 Å². The molecule has 2 fully saturated rings. The van der Waals surface area contributed by atoms with Crippen molar-refractivity contribution in [2.45, 2.75) is 37.6 Å². The van der Waals surface area contributed by atoms with Crippen molar-refractivity contribution in [2.24, 2.45) is 18.9 Å². The standard InChI is InChI=1S/C21H27N3O3/c1-24-16(10-11-22-24)21(25)23-20-15-7-5-4-6-14(15)19(20)13-8-9-17(26-2)18(12-13)27-3/h8-12,14-15,19-20H,4-7H2,1-3H3,(H,23,25)/t14-,15-,19-,20-/m0/s1. The monoisotopic (exact) mass is 369 g/mol. The molecule has 6 heteroatoms. The maximum Gasteiger partial charge on any atom is 0.269 e. The minimum atomic E-state index is -0.0468. The van der Waals surface area contributed by atoms with E-state index in [0.717, 1.165) is 11.5 Å². The van der Waals surface area contributed by atoms with Gasteiger partial charge in [0.05, 0.1) is 14.2 Å². The molecule has 144 valence electrons. The number of fused-ring (bicyclic) bond motifs is 1. The third-order valence-corrected chi connectivity index (χ3v) is 6.33. The molecule has 0 bridgehead atoms. The van der Waals surface area contributed by atoms with Crippen molar-refractivity contribution < 1.29 is 14.3 Å². The summed E-state index contributed by atoms with van der Waals surface area (Å²) in [6, 6.07) is 8.05. The normalized spacial score (nSPS) is 26.6. The largest absolute Gasteiger partial charge is 0.493 e. The lowest BCUT2D eigenvalue weighted by Crippen LogP contribution is -2.59. The molecule has 0 unspecified atom stereocenters. The highest BCUT2D eigenvalue weighted by molar-refractivity contribution is 5.92. The van der Waals surface area contributed by atoms with E-state index in [-0.39, 0.29) is 11.9 Å². The molecule has 2 saturated carbocycles. The third-order valence-electron chi connectivity index (χ3n) is 6.33. The van der Waals surface area contributed by atoms with Crippen LogP contribution < -0.4 is 14.8 Å². The molecule has 0 spiro atoms. The maximum atomic E-state index is 12.8. The number of hydrogen-bond acceptors (Lipinski definition) is 4. The van der Waals surface area contributed by atoms with Gasteiger partial charge in [0.2, 0.25) is 0 Å². The molecule has 4 atom stereocenters. The molecule has 1 amide bonds. The molecule has 1 heterocycles. The molecule has 2 aliphatic rings. The Bertz CT molecular complexity index is 832. The van der Waals surface area contributed by atoms with Gasteiger partial charge in [-0.25, -0.2) is 0 Å². The average Bonchev–Trinajstić information content (AvgIpc) is 3.12. The van der Waals surface area contributed by atoms with Crippen molar-refractivity contribution in [1.82, 2.24) is 15.1 Å². The summed E-state index contributed by atoms with van der Waals surface area (Å²) in [5, 5.41) is 7.42. The molecule has 1 N–H and O–H groups in total. The fraction of sp³-hybridized carbons (Fsp3) is 0.524. The third kappa shape index (κ3) is 3.07. The summed E-state index contributed by atoms with van der Waals surface area (Å²) in [6.07, 6.45) is 6.59. The van der Waals surface area contributed by atoms with E-state index in [4.69, 9.17) is 9.47 Å². The van der Waals surface area contributed by atoms with Crippen LogP contribution in [0, 0.1) is 11.8 Å². The highest BCUT2D eigenvalue weighted by Gasteiger charge is 2.52. The number of nitrogens with one attached hydrogen (secondary N) is 1. The van der Waals surface area contributed by atoms with Gasteiger partial charge < -0.3 is 14.8 Å². The first-order valence-corrected chi connectivity index (χ1v) is 9.65. The summed E-state index contributed by atoms with van der Waals surface area (Å²) in [5.74, 6) is 2.91. The quantitative estimate of drug-likeness (QED) is 0.879. The van der Waals surface area contributed by atoms with Crippen molar-refractivity contribution in [3.05, 3.63) is 41.7 Å².